The van der Waals surface area contributed by atoms with Crippen LogP contribution in [0.4, 0.5) is 0 Å². The molecule has 0 amide bonds. The third-order valence-corrected chi connectivity index (χ3v) is 4.70. The van der Waals surface area contributed by atoms with Crippen molar-refractivity contribution in [3.05, 3.63) is 72.2 Å². The summed E-state index contributed by atoms with van der Waals surface area (Å²) in [4.78, 5) is 4.63. The zero-order valence-corrected chi connectivity index (χ0v) is 16.0. The lowest BCUT2D eigenvalue weighted by Crippen LogP contribution is -3.00. The van der Waals surface area contributed by atoms with Gasteiger partial charge in [-0.15, -0.1) is 11.3 Å². The first-order chi connectivity index (χ1) is 11.3. The fourth-order valence-electron chi connectivity index (χ4n) is 2.41. The van der Waals surface area contributed by atoms with Gasteiger partial charge in [-0.2, -0.15) is 0 Å². The van der Waals surface area contributed by atoms with Crippen LogP contribution >= 0.6 is 11.3 Å². The van der Waals surface area contributed by atoms with Gasteiger partial charge in [-0.3, -0.25) is 0 Å². The second-order valence-electron chi connectivity index (χ2n) is 5.26. The SMILES string of the molecule is C[n+]1ccccc1/C=C/c1ccc(-c2nc3ccccc3s2)o1.[I-]. The average molecular weight is 446 g/mol. The lowest BCUT2D eigenvalue weighted by molar-refractivity contribution is -0.673. The molecule has 4 rings (SSSR count). The molecule has 0 unspecified atom stereocenters. The number of aromatic nitrogens is 2. The molecule has 5 heteroatoms. The number of benzene rings is 1. The van der Waals surface area contributed by atoms with Crippen molar-refractivity contribution in [2.45, 2.75) is 0 Å². The molecule has 3 heterocycles. The highest BCUT2D eigenvalue weighted by Gasteiger charge is 2.09. The summed E-state index contributed by atoms with van der Waals surface area (Å²) < 4.78 is 9.15. The summed E-state index contributed by atoms with van der Waals surface area (Å²) in [6.45, 7) is 0. The van der Waals surface area contributed by atoms with Crippen LogP contribution in [0.1, 0.15) is 11.5 Å². The summed E-state index contributed by atoms with van der Waals surface area (Å²) in [5.74, 6) is 1.63. The minimum atomic E-state index is 0. The van der Waals surface area contributed by atoms with Gasteiger partial charge in [0.1, 0.15) is 12.8 Å². The van der Waals surface area contributed by atoms with Crippen molar-refractivity contribution in [2.75, 3.05) is 0 Å². The number of hydrogen-bond donors (Lipinski definition) is 0. The van der Waals surface area contributed by atoms with Crippen molar-refractivity contribution in [1.29, 1.82) is 0 Å². The molecule has 0 radical (unpaired) electrons. The van der Waals surface area contributed by atoms with E-state index in [0.717, 1.165) is 27.7 Å². The maximum atomic E-state index is 5.91. The first-order valence-corrected chi connectivity index (χ1v) is 8.20. The van der Waals surface area contributed by atoms with Crippen LogP contribution in [0.3, 0.4) is 0 Å². The molecule has 0 aliphatic rings. The van der Waals surface area contributed by atoms with Crippen molar-refractivity contribution in [3.63, 3.8) is 0 Å². The minimum Gasteiger partial charge on any atom is -1.00 e. The Hall–Kier alpha value is -1.99. The lowest BCUT2D eigenvalue weighted by Gasteiger charge is -1.92. The van der Waals surface area contributed by atoms with E-state index in [-0.39, 0.29) is 24.0 Å². The van der Waals surface area contributed by atoms with Gasteiger partial charge in [-0.1, -0.05) is 12.1 Å². The molecule has 0 saturated carbocycles. The van der Waals surface area contributed by atoms with Crippen LogP contribution in [0.25, 0.3) is 33.1 Å². The Morgan fingerprint density at radius 1 is 1.00 bits per heavy atom. The molecular formula is C19H15IN2OS. The van der Waals surface area contributed by atoms with Crippen LogP contribution in [-0.4, -0.2) is 4.98 Å². The molecule has 0 fully saturated rings. The summed E-state index contributed by atoms with van der Waals surface area (Å²) in [7, 11) is 2.02. The van der Waals surface area contributed by atoms with Crippen LogP contribution in [0.5, 0.6) is 0 Å². The van der Waals surface area contributed by atoms with E-state index in [4.69, 9.17) is 4.42 Å². The smallest absolute Gasteiger partial charge is 0.205 e. The van der Waals surface area contributed by atoms with Gasteiger partial charge < -0.3 is 28.4 Å². The number of pyridine rings is 1. The molecule has 24 heavy (non-hydrogen) atoms. The van der Waals surface area contributed by atoms with E-state index in [1.165, 1.54) is 4.70 Å². The van der Waals surface area contributed by atoms with E-state index in [9.17, 15) is 0 Å². The molecule has 3 nitrogen and oxygen atoms in total. The maximum absolute atomic E-state index is 5.91. The fraction of sp³-hybridized carbons (Fsp3) is 0.0526. The lowest BCUT2D eigenvalue weighted by atomic mass is 10.3. The average Bonchev–Trinajstić information content (AvgIpc) is 3.20. The Balaban J connectivity index is 0.00000169. The van der Waals surface area contributed by atoms with Crippen LogP contribution in [0.15, 0.2) is 65.2 Å². The molecule has 0 atom stereocenters. The summed E-state index contributed by atoms with van der Waals surface area (Å²) in [5, 5.41) is 0.913. The summed E-state index contributed by atoms with van der Waals surface area (Å²) in [6.07, 6.45) is 6.04. The van der Waals surface area contributed by atoms with Crippen LogP contribution in [0.2, 0.25) is 0 Å². The quantitative estimate of drug-likeness (QED) is 0.353. The van der Waals surface area contributed by atoms with Crippen LogP contribution in [-0.2, 0) is 7.05 Å². The van der Waals surface area contributed by atoms with Gasteiger partial charge in [-0.05, 0) is 36.4 Å². The van der Waals surface area contributed by atoms with Crippen molar-refractivity contribution in [2.24, 2.45) is 7.05 Å². The van der Waals surface area contributed by atoms with Gasteiger partial charge in [0, 0.05) is 18.2 Å². The molecule has 0 spiro atoms. The van der Waals surface area contributed by atoms with E-state index in [1.807, 2.05) is 67.9 Å². The molecule has 1 aromatic carbocycles. The summed E-state index contributed by atoms with van der Waals surface area (Å²) in [6, 6.07) is 18.2. The van der Waals surface area contributed by atoms with Gasteiger partial charge >= 0.3 is 0 Å². The third-order valence-electron chi connectivity index (χ3n) is 3.64. The first kappa shape index (κ1) is 16.9. The Labute approximate surface area is 161 Å². The predicted molar refractivity (Wildman–Crippen MR) is 93.9 cm³/mol. The Bertz CT molecular complexity index is 970. The topological polar surface area (TPSA) is 29.9 Å². The van der Waals surface area contributed by atoms with Crippen molar-refractivity contribution < 1.29 is 33.0 Å². The van der Waals surface area contributed by atoms with E-state index < -0.39 is 0 Å². The first-order valence-electron chi connectivity index (χ1n) is 7.38. The zero-order chi connectivity index (χ0) is 15.6. The number of thiazole rings is 1. The fourth-order valence-corrected chi connectivity index (χ4v) is 3.34. The second kappa shape index (κ2) is 7.27. The predicted octanol–water partition coefficient (Wildman–Crippen LogP) is 1.56. The van der Waals surface area contributed by atoms with Crippen LogP contribution < -0.4 is 28.5 Å². The highest BCUT2D eigenvalue weighted by atomic mass is 127. The Morgan fingerprint density at radius 2 is 1.83 bits per heavy atom. The van der Waals surface area contributed by atoms with Gasteiger partial charge in [0.25, 0.3) is 0 Å². The van der Waals surface area contributed by atoms with Crippen molar-refractivity contribution in [1.82, 2.24) is 4.98 Å². The number of halogens is 1. The Kier molecular flexibility index (Phi) is 5.11. The molecule has 4 aromatic rings. The second-order valence-corrected chi connectivity index (χ2v) is 6.29. The number of para-hydroxylation sites is 1. The zero-order valence-electron chi connectivity index (χ0n) is 13.0. The highest BCUT2D eigenvalue weighted by Crippen LogP contribution is 2.31. The minimum absolute atomic E-state index is 0. The molecule has 0 N–H and O–H groups in total. The third kappa shape index (κ3) is 3.42. The molecule has 3 aromatic heterocycles. The highest BCUT2D eigenvalue weighted by molar-refractivity contribution is 7.21. The summed E-state index contributed by atoms with van der Waals surface area (Å²) >= 11 is 1.65. The Morgan fingerprint density at radius 3 is 2.67 bits per heavy atom. The standard InChI is InChI=1S/C19H15N2OS.HI/c1-21-13-5-4-6-14(21)9-10-15-11-12-17(22-15)19-20-16-7-2-3-8-18(16)23-19;/h2-13H,1H3;1H/q+1;/p-1/b10-9+;. The number of aryl methyl sites for hydroxylation is 1. The van der Waals surface area contributed by atoms with E-state index in [1.54, 1.807) is 11.3 Å². The largest absolute Gasteiger partial charge is 1.00 e. The van der Waals surface area contributed by atoms with E-state index in [0.29, 0.717) is 0 Å². The molecule has 0 bridgehead atoms. The molecule has 120 valence electrons. The number of fused-ring (bicyclic) bond motifs is 1. The summed E-state index contributed by atoms with van der Waals surface area (Å²) in [5.41, 5.74) is 2.13. The van der Waals surface area contributed by atoms with E-state index >= 15 is 0 Å². The molecular weight excluding hydrogens is 431 g/mol. The molecule has 0 saturated heterocycles. The van der Waals surface area contributed by atoms with Crippen molar-refractivity contribution in [3.8, 4) is 10.8 Å². The van der Waals surface area contributed by atoms with Gasteiger partial charge in [0.15, 0.2) is 17.0 Å². The van der Waals surface area contributed by atoms with Gasteiger partial charge in [0.05, 0.1) is 10.2 Å². The van der Waals surface area contributed by atoms with Crippen LogP contribution in [0, 0.1) is 0 Å². The normalized spacial score (nSPS) is 11.0. The monoisotopic (exact) mass is 446 g/mol. The maximum Gasteiger partial charge on any atom is 0.205 e. The molecule has 0 aliphatic heterocycles. The molecule has 0 aliphatic carbocycles. The number of nitrogens with zero attached hydrogens (tertiary/aromatic N) is 2. The van der Waals surface area contributed by atoms with Crippen molar-refractivity contribution >= 4 is 33.7 Å². The van der Waals surface area contributed by atoms with E-state index in [2.05, 4.69) is 21.7 Å². The number of hydrogen-bond acceptors (Lipinski definition) is 3. The number of rotatable bonds is 3. The van der Waals surface area contributed by atoms with Gasteiger partial charge in [-0.25, -0.2) is 9.55 Å². The number of furan rings is 1. The van der Waals surface area contributed by atoms with Gasteiger partial charge in [0.2, 0.25) is 5.69 Å².